The first-order chi connectivity index (χ1) is 16.6. The Morgan fingerprint density at radius 3 is 2.43 bits per heavy atom. The van der Waals surface area contributed by atoms with Crippen LogP contribution in [0.3, 0.4) is 0 Å². The molecule has 2 fully saturated rings. The van der Waals surface area contributed by atoms with Crippen LogP contribution < -0.4 is 4.90 Å². The largest absolute Gasteiger partial charge is 0.457 e. The van der Waals surface area contributed by atoms with Gasteiger partial charge >= 0.3 is 5.97 Å². The van der Waals surface area contributed by atoms with Crippen molar-refractivity contribution in [2.45, 2.75) is 43.8 Å². The third-order valence-corrected chi connectivity index (χ3v) is 8.94. The fourth-order valence-electron chi connectivity index (χ4n) is 5.62. The van der Waals surface area contributed by atoms with Gasteiger partial charge in [-0.2, -0.15) is 0 Å². The lowest BCUT2D eigenvalue weighted by Gasteiger charge is -2.39. The Morgan fingerprint density at radius 2 is 1.77 bits per heavy atom. The molecule has 1 spiro atoms. The lowest BCUT2D eigenvalue weighted by molar-refractivity contribution is -0.118. The molecule has 3 aliphatic rings. The van der Waals surface area contributed by atoms with Gasteiger partial charge in [-0.15, -0.1) is 0 Å². The first kappa shape index (κ1) is 24.0. The molecule has 35 heavy (non-hydrogen) atoms. The Labute approximate surface area is 205 Å². The number of fused-ring (bicyclic) bond motifs is 1. The summed E-state index contributed by atoms with van der Waals surface area (Å²) in [6.45, 7) is 4.88. The highest BCUT2D eigenvalue weighted by Crippen LogP contribution is 2.43. The molecule has 2 aromatic rings. The number of cyclic esters (lactones) is 1. The van der Waals surface area contributed by atoms with E-state index in [4.69, 9.17) is 4.74 Å². The molecular formula is C26H30N2O6S. The molecule has 1 atom stereocenters. The molecule has 0 aliphatic carbocycles. The fourth-order valence-corrected chi connectivity index (χ4v) is 6.25. The Hall–Kier alpha value is -2.75. The maximum Gasteiger partial charge on any atom is 0.338 e. The Morgan fingerprint density at radius 1 is 1.09 bits per heavy atom. The molecule has 2 aromatic carbocycles. The lowest BCUT2D eigenvalue weighted by atomic mass is 9.77. The van der Waals surface area contributed by atoms with Crippen molar-refractivity contribution >= 4 is 27.4 Å². The highest BCUT2D eigenvalue weighted by Gasteiger charge is 2.45. The molecule has 186 valence electrons. The average molecular weight is 499 g/mol. The molecule has 1 N–H and O–H groups in total. The number of amides is 1. The molecule has 2 saturated heterocycles. The molecule has 3 aliphatic heterocycles. The number of sulfone groups is 1. The lowest BCUT2D eigenvalue weighted by Crippen LogP contribution is -2.43. The number of carbonyl (C=O) groups excluding carboxylic acids is 2. The van der Waals surface area contributed by atoms with Crippen LogP contribution in [0.2, 0.25) is 0 Å². The number of benzene rings is 2. The zero-order valence-electron chi connectivity index (χ0n) is 20.0. The minimum absolute atomic E-state index is 0.0659. The van der Waals surface area contributed by atoms with E-state index >= 15 is 0 Å². The Kier molecular flexibility index (Phi) is 5.97. The van der Waals surface area contributed by atoms with Gasteiger partial charge in [0.25, 0.3) is 0 Å². The number of rotatable bonds is 5. The summed E-state index contributed by atoms with van der Waals surface area (Å²) in [5, 5.41) is 10.9. The third kappa shape index (κ3) is 4.48. The summed E-state index contributed by atoms with van der Waals surface area (Å²) in [5.74, 6) is -0.243. The zero-order chi connectivity index (χ0) is 25.0. The number of carbonyl (C=O) groups is 2. The van der Waals surface area contributed by atoms with Gasteiger partial charge in [-0.25, -0.2) is 13.2 Å². The van der Waals surface area contributed by atoms with Gasteiger partial charge in [0.1, 0.15) is 6.61 Å². The van der Waals surface area contributed by atoms with E-state index in [9.17, 15) is 23.1 Å². The standard InChI is InChI=1S/C26H30N2O6S/c1-17-20(7-8-21-22(17)15-34-25(21)31)23(29)14-27-11-9-26(10-12-27)13-24(30)28(16-26)18-3-5-19(6-4-18)35(2,32)33/h3-8,23,29H,9-16H2,1-2H3. The van der Waals surface area contributed by atoms with Crippen molar-refractivity contribution in [3.63, 3.8) is 0 Å². The van der Waals surface area contributed by atoms with Gasteiger partial charge in [-0.3, -0.25) is 4.79 Å². The van der Waals surface area contributed by atoms with Crippen LogP contribution in [0.4, 0.5) is 5.69 Å². The summed E-state index contributed by atoms with van der Waals surface area (Å²) in [7, 11) is -3.28. The van der Waals surface area contributed by atoms with E-state index in [2.05, 4.69) is 4.90 Å². The molecular weight excluding hydrogens is 468 g/mol. The van der Waals surface area contributed by atoms with Gasteiger partial charge in [-0.05, 0) is 79.7 Å². The number of likely N-dealkylation sites (tertiary alicyclic amines) is 1. The first-order valence-electron chi connectivity index (χ1n) is 11.9. The number of hydrogen-bond donors (Lipinski definition) is 1. The van der Waals surface area contributed by atoms with Crippen LogP contribution in [-0.4, -0.2) is 62.7 Å². The smallest absolute Gasteiger partial charge is 0.338 e. The number of ether oxygens (including phenoxy) is 1. The van der Waals surface area contributed by atoms with E-state index in [0.29, 0.717) is 25.1 Å². The van der Waals surface area contributed by atoms with Gasteiger partial charge in [0.15, 0.2) is 9.84 Å². The second-order valence-corrected chi connectivity index (χ2v) is 12.1. The minimum Gasteiger partial charge on any atom is -0.457 e. The number of nitrogens with zero attached hydrogens (tertiary/aromatic N) is 2. The molecule has 0 radical (unpaired) electrons. The van der Waals surface area contributed by atoms with E-state index in [1.54, 1.807) is 35.2 Å². The van der Waals surface area contributed by atoms with Crippen LogP contribution in [0, 0.1) is 12.3 Å². The van der Waals surface area contributed by atoms with E-state index in [-0.39, 0.29) is 28.8 Å². The van der Waals surface area contributed by atoms with Crippen molar-refractivity contribution in [3.8, 4) is 0 Å². The van der Waals surface area contributed by atoms with Crippen LogP contribution in [0.5, 0.6) is 0 Å². The second-order valence-electron chi connectivity index (χ2n) is 10.1. The SMILES string of the molecule is Cc1c(C(O)CN2CCC3(CC2)CC(=O)N(c2ccc(S(C)(=O)=O)cc2)C3)ccc2c1COC2=O. The topological polar surface area (TPSA) is 104 Å². The van der Waals surface area contributed by atoms with Crippen molar-refractivity contribution in [3.05, 3.63) is 58.7 Å². The van der Waals surface area contributed by atoms with Crippen LogP contribution >= 0.6 is 0 Å². The van der Waals surface area contributed by atoms with Crippen molar-refractivity contribution in [2.24, 2.45) is 5.41 Å². The maximum atomic E-state index is 12.8. The second kappa shape index (κ2) is 8.72. The monoisotopic (exact) mass is 498 g/mol. The molecule has 8 nitrogen and oxygen atoms in total. The molecule has 9 heteroatoms. The number of hydrogen-bond acceptors (Lipinski definition) is 7. The van der Waals surface area contributed by atoms with E-state index < -0.39 is 15.9 Å². The molecule has 1 amide bonds. The predicted molar refractivity (Wildman–Crippen MR) is 130 cm³/mol. The normalized spacial score (nSPS) is 20.8. The first-order valence-corrected chi connectivity index (χ1v) is 13.8. The summed E-state index contributed by atoms with van der Waals surface area (Å²) in [6.07, 6.45) is 2.70. The number of β-amino-alcohol motifs (C(OH)–C–C–N with tert-alkyl or cyclic N) is 1. The number of anilines is 1. The van der Waals surface area contributed by atoms with Gasteiger partial charge in [0.05, 0.1) is 16.6 Å². The van der Waals surface area contributed by atoms with Crippen molar-refractivity contribution in [1.82, 2.24) is 4.90 Å². The minimum atomic E-state index is -3.28. The molecule has 5 rings (SSSR count). The summed E-state index contributed by atoms with van der Waals surface area (Å²) >= 11 is 0. The average Bonchev–Trinajstić information content (AvgIpc) is 3.35. The highest BCUT2D eigenvalue weighted by molar-refractivity contribution is 7.90. The van der Waals surface area contributed by atoms with E-state index in [0.717, 1.165) is 48.3 Å². The van der Waals surface area contributed by atoms with E-state index in [1.807, 2.05) is 13.0 Å². The van der Waals surface area contributed by atoms with Crippen LogP contribution in [-0.2, 0) is 26.0 Å². The zero-order valence-corrected chi connectivity index (χ0v) is 20.8. The van der Waals surface area contributed by atoms with Gasteiger partial charge in [0.2, 0.25) is 5.91 Å². The summed E-state index contributed by atoms with van der Waals surface area (Å²) in [6, 6.07) is 10.1. The Bertz CT molecular complexity index is 1280. The van der Waals surface area contributed by atoms with Crippen molar-refractivity contribution < 1.29 is 27.9 Å². The van der Waals surface area contributed by atoms with Crippen LogP contribution in [0.1, 0.15) is 52.4 Å². The van der Waals surface area contributed by atoms with Gasteiger partial charge < -0.3 is 19.6 Å². The van der Waals surface area contributed by atoms with Crippen LogP contribution in [0.15, 0.2) is 41.3 Å². The number of piperidine rings is 1. The number of aliphatic hydroxyl groups is 1. The highest BCUT2D eigenvalue weighted by atomic mass is 32.2. The summed E-state index contributed by atoms with van der Waals surface area (Å²) in [4.78, 5) is 28.9. The van der Waals surface area contributed by atoms with Crippen molar-refractivity contribution in [2.75, 3.05) is 37.3 Å². The van der Waals surface area contributed by atoms with Crippen molar-refractivity contribution in [1.29, 1.82) is 0 Å². The fraction of sp³-hybridized carbons (Fsp3) is 0.462. The number of esters is 1. The molecule has 0 aromatic heterocycles. The number of aliphatic hydroxyl groups excluding tert-OH is 1. The van der Waals surface area contributed by atoms with Gasteiger partial charge in [-0.1, -0.05) is 6.07 Å². The summed E-state index contributed by atoms with van der Waals surface area (Å²) in [5.41, 5.74) is 3.80. The third-order valence-electron chi connectivity index (χ3n) is 7.81. The molecule has 1 unspecified atom stereocenters. The molecule has 0 saturated carbocycles. The molecule has 0 bridgehead atoms. The van der Waals surface area contributed by atoms with Crippen LogP contribution in [0.25, 0.3) is 0 Å². The summed E-state index contributed by atoms with van der Waals surface area (Å²) < 4.78 is 28.6. The van der Waals surface area contributed by atoms with Gasteiger partial charge in [0, 0.05) is 37.0 Å². The molecule has 3 heterocycles. The predicted octanol–water partition coefficient (Wildman–Crippen LogP) is 2.62. The Balaban J connectivity index is 1.21. The van der Waals surface area contributed by atoms with E-state index in [1.165, 1.54) is 6.26 Å². The maximum absolute atomic E-state index is 12.8. The quantitative estimate of drug-likeness (QED) is 0.632.